The Kier molecular flexibility index (Phi) is 2.94. The largest absolute Gasteiger partial charge is 0.307 e. The molecule has 4 heteroatoms. The molecule has 0 unspecified atom stereocenters. The van der Waals surface area contributed by atoms with Crippen molar-refractivity contribution in [1.82, 2.24) is 14.9 Å². The minimum absolute atomic E-state index is 0.181. The molecule has 0 fully saturated rings. The molecular weight excluding hydrogens is 202 g/mol. The van der Waals surface area contributed by atoms with E-state index in [0.29, 0.717) is 6.54 Å². The van der Waals surface area contributed by atoms with E-state index in [1.165, 1.54) is 0 Å². The van der Waals surface area contributed by atoms with Crippen molar-refractivity contribution in [1.29, 1.82) is 0 Å². The molecule has 16 heavy (non-hydrogen) atoms. The normalized spacial score (nSPS) is 12.2. The van der Waals surface area contributed by atoms with Crippen molar-refractivity contribution >= 4 is 5.65 Å². The molecule has 0 aliphatic rings. The number of nitrogens with zero attached hydrogens (tertiary/aromatic N) is 2. The first kappa shape index (κ1) is 11.1. The summed E-state index contributed by atoms with van der Waals surface area (Å²) in [4.78, 5) is 9.88. The quantitative estimate of drug-likeness (QED) is 0.804. The molecule has 0 aromatic carbocycles. The van der Waals surface area contributed by atoms with Crippen molar-refractivity contribution in [3.63, 3.8) is 0 Å². The Labute approximate surface area is 95.2 Å². The number of imidazole rings is 1. The van der Waals surface area contributed by atoms with Gasteiger partial charge in [0, 0.05) is 12.4 Å². The van der Waals surface area contributed by atoms with Gasteiger partial charge in [-0.2, -0.15) is 5.48 Å². The van der Waals surface area contributed by atoms with E-state index >= 15 is 0 Å². The standard InChI is InChI=1S/C12H17N3O/c1-12(2,3)16-13-8-10-9-15-7-5-4-6-11(15)14-10/h4-7,9,13H,8H2,1-3H3. The molecule has 0 saturated carbocycles. The van der Waals surface area contributed by atoms with Gasteiger partial charge in [0.15, 0.2) is 0 Å². The molecule has 86 valence electrons. The highest BCUT2D eigenvalue weighted by Gasteiger charge is 2.10. The van der Waals surface area contributed by atoms with Gasteiger partial charge in [-0.15, -0.1) is 0 Å². The van der Waals surface area contributed by atoms with Crippen LogP contribution in [0, 0.1) is 0 Å². The third-order valence-corrected chi connectivity index (χ3v) is 2.05. The number of nitrogens with one attached hydrogen (secondary N) is 1. The Bertz CT molecular complexity index is 437. The van der Waals surface area contributed by atoms with Gasteiger partial charge in [-0.1, -0.05) is 6.07 Å². The highest BCUT2D eigenvalue weighted by atomic mass is 16.7. The smallest absolute Gasteiger partial charge is 0.137 e. The fraction of sp³-hybridized carbons (Fsp3) is 0.417. The van der Waals surface area contributed by atoms with Crippen LogP contribution in [0.15, 0.2) is 30.6 Å². The third kappa shape index (κ3) is 2.81. The Morgan fingerprint density at radius 2 is 2.19 bits per heavy atom. The van der Waals surface area contributed by atoms with Crippen LogP contribution in [0.2, 0.25) is 0 Å². The van der Waals surface area contributed by atoms with Crippen LogP contribution in [0.5, 0.6) is 0 Å². The molecule has 0 saturated heterocycles. The lowest BCUT2D eigenvalue weighted by molar-refractivity contribution is -0.0761. The average molecular weight is 219 g/mol. The summed E-state index contributed by atoms with van der Waals surface area (Å²) in [5, 5.41) is 0. The van der Waals surface area contributed by atoms with E-state index in [4.69, 9.17) is 4.84 Å². The monoisotopic (exact) mass is 219 g/mol. The van der Waals surface area contributed by atoms with Crippen molar-refractivity contribution < 1.29 is 4.84 Å². The lowest BCUT2D eigenvalue weighted by Crippen LogP contribution is -2.28. The van der Waals surface area contributed by atoms with Gasteiger partial charge >= 0.3 is 0 Å². The zero-order valence-corrected chi connectivity index (χ0v) is 9.90. The van der Waals surface area contributed by atoms with Gasteiger partial charge in [-0.3, -0.25) is 4.84 Å². The summed E-state index contributed by atoms with van der Waals surface area (Å²) in [6.45, 7) is 6.62. The molecule has 2 rings (SSSR count). The topological polar surface area (TPSA) is 38.6 Å². The first-order valence-electron chi connectivity index (χ1n) is 5.38. The van der Waals surface area contributed by atoms with Gasteiger partial charge in [0.25, 0.3) is 0 Å². The molecule has 1 N–H and O–H groups in total. The van der Waals surface area contributed by atoms with Crippen molar-refractivity contribution in [2.75, 3.05) is 0 Å². The summed E-state index contributed by atoms with van der Waals surface area (Å²) < 4.78 is 1.99. The molecule has 0 radical (unpaired) electrons. The number of rotatable bonds is 3. The lowest BCUT2D eigenvalue weighted by atomic mass is 10.2. The summed E-state index contributed by atoms with van der Waals surface area (Å²) in [7, 11) is 0. The van der Waals surface area contributed by atoms with Crippen LogP contribution in [-0.4, -0.2) is 15.0 Å². The van der Waals surface area contributed by atoms with E-state index in [1.54, 1.807) is 0 Å². The highest BCUT2D eigenvalue weighted by molar-refractivity contribution is 5.39. The van der Waals surface area contributed by atoms with E-state index in [9.17, 15) is 0 Å². The maximum absolute atomic E-state index is 5.43. The number of pyridine rings is 1. The van der Waals surface area contributed by atoms with Gasteiger partial charge in [0.2, 0.25) is 0 Å². The minimum Gasteiger partial charge on any atom is -0.307 e. The summed E-state index contributed by atoms with van der Waals surface area (Å²) >= 11 is 0. The summed E-state index contributed by atoms with van der Waals surface area (Å²) in [6, 6.07) is 5.94. The Morgan fingerprint density at radius 1 is 1.38 bits per heavy atom. The molecule has 0 aliphatic heterocycles. The number of fused-ring (bicyclic) bond motifs is 1. The number of aromatic nitrogens is 2. The van der Waals surface area contributed by atoms with E-state index < -0.39 is 0 Å². The fourth-order valence-electron chi connectivity index (χ4n) is 1.40. The molecule has 0 amide bonds. The molecule has 2 aromatic rings. The van der Waals surface area contributed by atoms with Crippen LogP contribution >= 0.6 is 0 Å². The lowest BCUT2D eigenvalue weighted by Gasteiger charge is -2.18. The summed E-state index contributed by atoms with van der Waals surface area (Å²) in [5.74, 6) is 0. The molecule has 2 heterocycles. The third-order valence-electron chi connectivity index (χ3n) is 2.05. The maximum Gasteiger partial charge on any atom is 0.137 e. The van der Waals surface area contributed by atoms with Crippen LogP contribution in [0.3, 0.4) is 0 Å². The second-order valence-corrected chi connectivity index (χ2v) is 4.73. The van der Waals surface area contributed by atoms with Gasteiger partial charge in [-0.05, 0) is 32.9 Å². The zero-order valence-electron chi connectivity index (χ0n) is 9.90. The van der Waals surface area contributed by atoms with Crippen LogP contribution in [0.25, 0.3) is 5.65 Å². The van der Waals surface area contributed by atoms with Crippen molar-refractivity contribution in [2.24, 2.45) is 0 Å². The molecule has 4 nitrogen and oxygen atoms in total. The maximum atomic E-state index is 5.43. The summed E-state index contributed by atoms with van der Waals surface area (Å²) in [6.07, 6.45) is 3.98. The minimum atomic E-state index is -0.181. The van der Waals surface area contributed by atoms with Crippen molar-refractivity contribution in [3.05, 3.63) is 36.3 Å². The SMILES string of the molecule is CC(C)(C)ONCc1cn2ccccc2n1. The van der Waals surface area contributed by atoms with Gasteiger partial charge in [-0.25, -0.2) is 4.98 Å². The van der Waals surface area contributed by atoms with Gasteiger partial charge in [0.1, 0.15) is 5.65 Å². The van der Waals surface area contributed by atoms with Crippen LogP contribution < -0.4 is 5.48 Å². The van der Waals surface area contributed by atoms with Crippen LogP contribution in [0.4, 0.5) is 0 Å². The molecule has 0 bridgehead atoms. The van der Waals surface area contributed by atoms with Crippen LogP contribution in [-0.2, 0) is 11.4 Å². The molecule has 0 atom stereocenters. The second-order valence-electron chi connectivity index (χ2n) is 4.73. The molecule has 2 aromatic heterocycles. The number of hydrogen-bond acceptors (Lipinski definition) is 3. The Hall–Kier alpha value is -1.39. The van der Waals surface area contributed by atoms with Crippen molar-refractivity contribution in [3.8, 4) is 0 Å². The van der Waals surface area contributed by atoms with Gasteiger partial charge in [0.05, 0.1) is 17.8 Å². The molecule has 0 aliphatic carbocycles. The Morgan fingerprint density at radius 3 is 2.88 bits per heavy atom. The Balaban J connectivity index is 2.00. The van der Waals surface area contributed by atoms with Crippen molar-refractivity contribution in [2.45, 2.75) is 32.9 Å². The highest BCUT2D eigenvalue weighted by Crippen LogP contribution is 2.06. The predicted octanol–water partition coefficient (Wildman–Crippen LogP) is 2.15. The average Bonchev–Trinajstić information content (AvgIpc) is 2.57. The number of hydrogen-bond donors (Lipinski definition) is 1. The summed E-state index contributed by atoms with van der Waals surface area (Å²) in [5.41, 5.74) is 4.67. The second kappa shape index (κ2) is 4.23. The first-order chi connectivity index (χ1) is 7.54. The van der Waals surface area contributed by atoms with E-state index in [2.05, 4.69) is 10.5 Å². The first-order valence-corrected chi connectivity index (χ1v) is 5.38. The van der Waals surface area contributed by atoms with E-state index in [-0.39, 0.29) is 5.60 Å². The van der Waals surface area contributed by atoms with E-state index in [0.717, 1.165) is 11.3 Å². The molecule has 0 spiro atoms. The van der Waals surface area contributed by atoms with E-state index in [1.807, 2.05) is 55.8 Å². The predicted molar refractivity (Wildman–Crippen MR) is 62.9 cm³/mol. The van der Waals surface area contributed by atoms with Gasteiger partial charge < -0.3 is 4.40 Å². The zero-order chi connectivity index (χ0) is 11.6. The van der Waals surface area contributed by atoms with Crippen LogP contribution in [0.1, 0.15) is 26.5 Å². The fourth-order valence-corrected chi connectivity index (χ4v) is 1.40. The molecular formula is C12H17N3O. The number of hydroxylamine groups is 1.